The lowest BCUT2D eigenvalue weighted by Gasteiger charge is -2.22. The average Bonchev–Trinajstić information content (AvgIpc) is 2.81. The highest BCUT2D eigenvalue weighted by atomic mass is 16.5. The van der Waals surface area contributed by atoms with E-state index in [0.29, 0.717) is 25.3 Å². The van der Waals surface area contributed by atoms with Crippen LogP contribution < -0.4 is 15.8 Å². The predicted octanol–water partition coefficient (Wildman–Crippen LogP) is 5.32. The van der Waals surface area contributed by atoms with Gasteiger partial charge in [0.2, 0.25) is 5.91 Å². The van der Waals surface area contributed by atoms with E-state index in [4.69, 9.17) is 15.5 Å². The van der Waals surface area contributed by atoms with Gasteiger partial charge in [-0.2, -0.15) is 0 Å². The SMILES string of the molecule is COc1ccc(CNc2nc3ccc(C4CCCCC4)cc3cc2CCC(N)=O)cc1. The maximum Gasteiger partial charge on any atom is 0.217 e. The molecule has 162 valence electrons. The summed E-state index contributed by atoms with van der Waals surface area (Å²) in [5.74, 6) is 2.01. The molecule has 5 heteroatoms. The molecule has 5 nitrogen and oxygen atoms in total. The largest absolute Gasteiger partial charge is 0.497 e. The first-order valence-electron chi connectivity index (χ1n) is 11.2. The molecule has 0 spiro atoms. The number of rotatable bonds is 8. The Morgan fingerprint density at radius 1 is 1.10 bits per heavy atom. The van der Waals surface area contributed by atoms with Crippen LogP contribution in [-0.4, -0.2) is 18.0 Å². The number of carbonyl (C=O) groups is 1. The van der Waals surface area contributed by atoms with Crippen LogP contribution in [0, 0.1) is 0 Å². The summed E-state index contributed by atoms with van der Waals surface area (Å²) >= 11 is 0. The second kappa shape index (κ2) is 9.82. The summed E-state index contributed by atoms with van der Waals surface area (Å²) in [6.07, 6.45) is 7.43. The van der Waals surface area contributed by atoms with Crippen LogP contribution in [0.1, 0.15) is 61.1 Å². The topological polar surface area (TPSA) is 77.2 Å². The molecular weight excluding hydrogens is 386 g/mol. The molecule has 0 saturated heterocycles. The fourth-order valence-corrected chi connectivity index (χ4v) is 4.46. The fraction of sp³-hybridized carbons (Fsp3) is 0.385. The predicted molar refractivity (Wildman–Crippen MR) is 125 cm³/mol. The van der Waals surface area contributed by atoms with Crippen molar-refractivity contribution in [2.75, 3.05) is 12.4 Å². The minimum absolute atomic E-state index is 0.294. The van der Waals surface area contributed by atoms with Gasteiger partial charge in [-0.15, -0.1) is 0 Å². The average molecular weight is 418 g/mol. The third kappa shape index (κ3) is 5.35. The highest BCUT2D eigenvalue weighted by Crippen LogP contribution is 2.34. The zero-order chi connectivity index (χ0) is 21.6. The smallest absolute Gasteiger partial charge is 0.217 e. The summed E-state index contributed by atoms with van der Waals surface area (Å²) in [6.45, 7) is 0.645. The third-order valence-corrected chi connectivity index (χ3v) is 6.25. The van der Waals surface area contributed by atoms with E-state index in [0.717, 1.165) is 33.6 Å². The number of aromatic nitrogens is 1. The Morgan fingerprint density at radius 3 is 2.58 bits per heavy atom. The van der Waals surface area contributed by atoms with Gasteiger partial charge in [-0.1, -0.05) is 37.5 Å². The van der Waals surface area contributed by atoms with Gasteiger partial charge in [0.15, 0.2) is 0 Å². The second-order valence-electron chi connectivity index (χ2n) is 8.45. The van der Waals surface area contributed by atoms with Crippen molar-refractivity contribution in [2.45, 2.75) is 57.4 Å². The molecule has 1 amide bonds. The number of carbonyl (C=O) groups excluding carboxylic acids is 1. The Balaban J connectivity index is 1.60. The molecule has 1 aliphatic rings. The van der Waals surface area contributed by atoms with Crippen molar-refractivity contribution >= 4 is 22.6 Å². The van der Waals surface area contributed by atoms with E-state index in [1.807, 2.05) is 24.3 Å². The minimum Gasteiger partial charge on any atom is -0.497 e. The first-order valence-corrected chi connectivity index (χ1v) is 11.2. The molecule has 1 fully saturated rings. The van der Waals surface area contributed by atoms with Gasteiger partial charge < -0.3 is 15.8 Å². The van der Waals surface area contributed by atoms with Crippen molar-refractivity contribution in [1.29, 1.82) is 0 Å². The molecule has 1 heterocycles. The summed E-state index contributed by atoms with van der Waals surface area (Å²) < 4.78 is 5.23. The van der Waals surface area contributed by atoms with Crippen molar-refractivity contribution in [3.05, 3.63) is 65.2 Å². The van der Waals surface area contributed by atoms with Crippen LogP contribution in [0.2, 0.25) is 0 Å². The van der Waals surface area contributed by atoms with Crippen LogP contribution >= 0.6 is 0 Å². The number of aryl methyl sites for hydroxylation is 1. The number of nitrogens with zero attached hydrogens (tertiary/aromatic N) is 1. The van der Waals surface area contributed by atoms with Gasteiger partial charge in [0.05, 0.1) is 12.6 Å². The van der Waals surface area contributed by atoms with Gasteiger partial charge in [-0.25, -0.2) is 4.98 Å². The monoisotopic (exact) mass is 417 g/mol. The fourth-order valence-electron chi connectivity index (χ4n) is 4.46. The van der Waals surface area contributed by atoms with Gasteiger partial charge >= 0.3 is 0 Å². The highest BCUT2D eigenvalue weighted by Gasteiger charge is 2.16. The van der Waals surface area contributed by atoms with Crippen molar-refractivity contribution in [3.8, 4) is 5.75 Å². The molecule has 0 atom stereocenters. The molecule has 1 aromatic heterocycles. The van der Waals surface area contributed by atoms with Crippen molar-refractivity contribution < 1.29 is 9.53 Å². The summed E-state index contributed by atoms with van der Waals surface area (Å²) in [4.78, 5) is 16.3. The lowest BCUT2D eigenvalue weighted by Crippen LogP contribution is -2.13. The maximum absolute atomic E-state index is 11.4. The Labute approximate surface area is 184 Å². The molecule has 3 aromatic rings. The number of ether oxygens (including phenoxy) is 1. The van der Waals surface area contributed by atoms with Crippen LogP contribution in [0.15, 0.2) is 48.5 Å². The van der Waals surface area contributed by atoms with Crippen LogP contribution in [0.4, 0.5) is 5.82 Å². The van der Waals surface area contributed by atoms with E-state index in [1.165, 1.54) is 37.7 Å². The van der Waals surface area contributed by atoms with E-state index in [-0.39, 0.29) is 5.91 Å². The lowest BCUT2D eigenvalue weighted by molar-refractivity contribution is -0.117. The number of nitrogens with one attached hydrogen (secondary N) is 1. The van der Waals surface area contributed by atoms with Crippen molar-refractivity contribution in [3.63, 3.8) is 0 Å². The first kappa shape index (κ1) is 21.2. The Kier molecular flexibility index (Phi) is 6.70. The third-order valence-electron chi connectivity index (χ3n) is 6.25. The van der Waals surface area contributed by atoms with Crippen molar-refractivity contribution in [2.24, 2.45) is 5.73 Å². The number of anilines is 1. The number of methoxy groups -OCH3 is 1. The second-order valence-corrected chi connectivity index (χ2v) is 8.45. The number of primary amides is 1. The molecule has 1 saturated carbocycles. The van der Waals surface area contributed by atoms with Gasteiger partial charge in [0, 0.05) is 18.4 Å². The molecule has 1 aliphatic carbocycles. The summed E-state index contributed by atoms with van der Waals surface area (Å²) in [5, 5.41) is 4.59. The van der Waals surface area contributed by atoms with Gasteiger partial charge in [-0.3, -0.25) is 4.79 Å². The quantitative estimate of drug-likeness (QED) is 0.520. The number of hydrogen-bond acceptors (Lipinski definition) is 4. The number of pyridine rings is 1. The summed E-state index contributed by atoms with van der Waals surface area (Å²) in [5.41, 5.74) is 9.97. The maximum atomic E-state index is 11.4. The molecule has 0 aliphatic heterocycles. The van der Waals surface area contributed by atoms with E-state index in [9.17, 15) is 4.79 Å². The normalized spacial score (nSPS) is 14.5. The van der Waals surface area contributed by atoms with E-state index >= 15 is 0 Å². The number of benzene rings is 2. The van der Waals surface area contributed by atoms with Crippen molar-refractivity contribution in [1.82, 2.24) is 4.98 Å². The zero-order valence-electron chi connectivity index (χ0n) is 18.2. The van der Waals surface area contributed by atoms with Crippen LogP contribution in [0.5, 0.6) is 5.75 Å². The zero-order valence-corrected chi connectivity index (χ0v) is 18.2. The summed E-state index contributed by atoms with van der Waals surface area (Å²) in [6, 6.07) is 16.8. The van der Waals surface area contributed by atoms with Gasteiger partial charge in [0.25, 0.3) is 0 Å². The van der Waals surface area contributed by atoms with E-state index < -0.39 is 0 Å². The standard InChI is InChI=1S/C26H31N3O2/c1-31-23-11-7-18(8-12-23)17-28-26-21(10-14-25(27)30)16-22-15-20(9-13-24(22)29-26)19-5-3-2-4-6-19/h7-9,11-13,15-16,19H,2-6,10,14,17H2,1H3,(H2,27,30)(H,28,29). The molecule has 4 rings (SSSR count). The van der Waals surface area contributed by atoms with Gasteiger partial charge in [-0.05, 0) is 72.2 Å². The first-order chi connectivity index (χ1) is 15.1. The molecule has 31 heavy (non-hydrogen) atoms. The lowest BCUT2D eigenvalue weighted by atomic mass is 9.83. The van der Waals surface area contributed by atoms with Gasteiger partial charge in [0.1, 0.15) is 11.6 Å². The Hall–Kier alpha value is -3.08. The Morgan fingerprint density at radius 2 is 1.87 bits per heavy atom. The number of hydrogen-bond donors (Lipinski definition) is 2. The molecule has 2 aromatic carbocycles. The van der Waals surface area contributed by atoms with Crippen LogP contribution in [0.3, 0.4) is 0 Å². The minimum atomic E-state index is -0.294. The molecule has 0 unspecified atom stereocenters. The number of fused-ring (bicyclic) bond motifs is 1. The highest BCUT2D eigenvalue weighted by molar-refractivity contribution is 5.83. The molecule has 0 bridgehead atoms. The molecule has 0 radical (unpaired) electrons. The number of amides is 1. The van der Waals surface area contributed by atoms with E-state index in [1.54, 1.807) is 7.11 Å². The molecule has 3 N–H and O–H groups in total. The summed E-state index contributed by atoms with van der Waals surface area (Å²) in [7, 11) is 1.66. The van der Waals surface area contributed by atoms with Crippen LogP contribution in [-0.2, 0) is 17.8 Å². The molecular formula is C26H31N3O2. The van der Waals surface area contributed by atoms with E-state index in [2.05, 4.69) is 29.6 Å². The van der Waals surface area contributed by atoms with Crippen LogP contribution in [0.25, 0.3) is 10.9 Å². The Bertz CT molecular complexity index is 1040. The number of nitrogens with two attached hydrogens (primary N) is 1.